The average molecular weight is 571 g/mol. The molecule has 1 aromatic heterocycles. The van der Waals surface area contributed by atoms with Crippen LogP contribution < -0.4 is 31.1 Å². The summed E-state index contributed by atoms with van der Waals surface area (Å²) < 4.78 is 49.1. The summed E-state index contributed by atoms with van der Waals surface area (Å²) >= 11 is 0. The summed E-state index contributed by atoms with van der Waals surface area (Å²) in [5, 5.41) is 7.33. The van der Waals surface area contributed by atoms with E-state index >= 15 is 0 Å². The second kappa shape index (κ2) is 10.8. The largest absolute Gasteiger partial charge is 0.497 e. The summed E-state index contributed by atoms with van der Waals surface area (Å²) in [4.78, 5) is 40.5. The van der Waals surface area contributed by atoms with Crippen LogP contribution in [0.4, 0.5) is 24.5 Å². The number of nitrogens with zero attached hydrogens (tertiary/aromatic N) is 4. The maximum absolute atomic E-state index is 14.3. The van der Waals surface area contributed by atoms with E-state index in [4.69, 9.17) is 10.5 Å². The number of nitrogens with two attached hydrogens (primary N) is 1. The number of benzene rings is 2. The van der Waals surface area contributed by atoms with E-state index in [0.717, 1.165) is 10.7 Å². The number of aromatic nitrogens is 2. The van der Waals surface area contributed by atoms with Gasteiger partial charge in [-0.15, -0.1) is 0 Å². The summed E-state index contributed by atoms with van der Waals surface area (Å²) in [6.45, 7) is 2.32. The van der Waals surface area contributed by atoms with Crippen LogP contribution in [0.25, 0.3) is 16.9 Å². The number of halogens is 3. The number of primary amides is 1. The molecule has 3 aromatic rings. The van der Waals surface area contributed by atoms with Gasteiger partial charge in [-0.25, -0.2) is 0 Å². The third-order valence-corrected chi connectivity index (χ3v) is 7.28. The van der Waals surface area contributed by atoms with E-state index in [2.05, 4.69) is 10.4 Å². The summed E-state index contributed by atoms with van der Waals surface area (Å²) in [6, 6.07) is 10.3. The van der Waals surface area contributed by atoms with Gasteiger partial charge in [0.25, 0.3) is 5.56 Å². The molecule has 0 radical (unpaired) electrons. The summed E-state index contributed by atoms with van der Waals surface area (Å²) in [5.74, 6) is -0.364. The van der Waals surface area contributed by atoms with E-state index in [1.165, 1.54) is 31.1 Å². The van der Waals surface area contributed by atoms with Crippen LogP contribution >= 0.6 is 0 Å². The van der Waals surface area contributed by atoms with Gasteiger partial charge in [0.15, 0.2) is 0 Å². The third kappa shape index (κ3) is 5.56. The molecule has 2 aliphatic rings. The van der Waals surface area contributed by atoms with Gasteiger partial charge in [0.2, 0.25) is 11.8 Å². The minimum Gasteiger partial charge on any atom is -0.497 e. The average Bonchev–Trinajstić information content (AvgIpc) is 3.55. The molecule has 41 heavy (non-hydrogen) atoms. The molecule has 5 rings (SSSR count). The topological polar surface area (TPSA) is 123 Å². The lowest BCUT2D eigenvalue weighted by atomic mass is 10.0. The van der Waals surface area contributed by atoms with Crippen molar-refractivity contribution < 1.29 is 27.5 Å². The molecule has 0 aliphatic carbocycles. The normalized spacial score (nSPS) is 16.6. The summed E-state index contributed by atoms with van der Waals surface area (Å²) in [5.41, 5.74) is 5.05. The predicted molar refractivity (Wildman–Crippen MR) is 146 cm³/mol. The van der Waals surface area contributed by atoms with Gasteiger partial charge < -0.3 is 25.6 Å². The molecule has 0 saturated carbocycles. The zero-order valence-electron chi connectivity index (χ0n) is 22.5. The fraction of sp³-hybridized carbons (Fsp3) is 0.357. The zero-order chi connectivity index (χ0) is 29.5. The number of hydrogen-bond acceptors (Lipinski definition) is 7. The van der Waals surface area contributed by atoms with Crippen LogP contribution in [0.5, 0.6) is 5.75 Å². The maximum Gasteiger partial charge on any atom is 0.418 e. The molecule has 3 heterocycles. The first kappa shape index (κ1) is 28.0. The molecule has 2 aromatic carbocycles. The smallest absolute Gasteiger partial charge is 0.418 e. The SMILES string of the molecule is COc1cccc(-c2nn(-c3cc(N4CC[C@@H](NC(C)=O)C4)ccc3C(F)(F)F)c(=O)c3c2CCN3CC(N)=O)c1. The van der Waals surface area contributed by atoms with Gasteiger partial charge in [-0.05, 0) is 43.2 Å². The highest BCUT2D eigenvalue weighted by Crippen LogP contribution is 2.38. The Morgan fingerprint density at radius 2 is 1.95 bits per heavy atom. The fourth-order valence-corrected chi connectivity index (χ4v) is 5.51. The third-order valence-electron chi connectivity index (χ3n) is 7.28. The molecular weight excluding hydrogens is 541 g/mol. The number of methoxy groups -OCH3 is 1. The Kier molecular flexibility index (Phi) is 7.37. The van der Waals surface area contributed by atoms with Crippen molar-refractivity contribution in [3.05, 3.63) is 63.9 Å². The number of nitrogens with one attached hydrogen (secondary N) is 1. The number of alkyl halides is 3. The minimum atomic E-state index is -4.79. The van der Waals surface area contributed by atoms with Crippen LogP contribution in [0.2, 0.25) is 0 Å². The molecule has 2 amide bonds. The van der Waals surface area contributed by atoms with Crippen LogP contribution in [0, 0.1) is 0 Å². The number of ether oxygens (including phenoxy) is 1. The summed E-state index contributed by atoms with van der Waals surface area (Å²) in [6.07, 6.45) is -3.82. The van der Waals surface area contributed by atoms with Crippen molar-refractivity contribution in [3.8, 4) is 22.7 Å². The molecule has 1 atom stereocenters. The van der Waals surface area contributed by atoms with Crippen molar-refractivity contribution in [1.29, 1.82) is 0 Å². The van der Waals surface area contributed by atoms with E-state index in [9.17, 15) is 27.6 Å². The fourth-order valence-electron chi connectivity index (χ4n) is 5.51. The Bertz CT molecular complexity index is 1570. The first-order valence-corrected chi connectivity index (χ1v) is 13.0. The molecule has 1 saturated heterocycles. The number of rotatable bonds is 7. The quantitative estimate of drug-likeness (QED) is 0.448. The van der Waals surface area contributed by atoms with Crippen molar-refractivity contribution in [2.24, 2.45) is 5.73 Å². The second-order valence-electron chi connectivity index (χ2n) is 10.1. The molecule has 0 bridgehead atoms. The minimum absolute atomic E-state index is 0.0852. The van der Waals surface area contributed by atoms with E-state index in [-0.39, 0.29) is 30.7 Å². The van der Waals surface area contributed by atoms with E-state index < -0.39 is 28.9 Å². The van der Waals surface area contributed by atoms with Crippen molar-refractivity contribution in [2.75, 3.05) is 43.1 Å². The Balaban J connectivity index is 1.71. The highest BCUT2D eigenvalue weighted by molar-refractivity contribution is 5.82. The Labute approximate surface area is 233 Å². The van der Waals surface area contributed by atoms with Crippen molar-refractivity contribution >= 4 is 23.2 Å². The molecular formula is C28H29F3N6O4. The van der Waals surface area contributed by atoms with E-state index in [0.29, 0.717) is 54.2 Å². The zero-order valence-corrected chi connectivity index (χ0v) is 22.5. The van der Waals surface area contributed by atoms with E-state index in [1.807, 2.05) is 4.90 Å². The van der Waals surface area contributed by atoms with Gasteiger partial charge in [-0.1, -0.05) is 12.1 Å². The molecule has 10 nitrogen and oxygen atoms in total. The lowest BCUT2D eigenvalue weighted by Gasteiger charge is -2.23. The number of anilines is 2. The van der Waals surface area contributed by atoms with Crippen molar-refractivity contribution in [1.82, 2.24) is 15.1 Å². The van der Waals surface area contributed by atoms with Crippen molar-refractivity contribution in [3.63, 3.8) is 0 Å². The number of carbonyl (C=O) groups is 2. The molecule has 0 unspecified atom stereocenters. The number of amides is 2. The molecule has 13 heteroatoms. The van der Waals surface area contributed by atoms with Crippen LogP contribution in [-0.2, 0) is 22.2 Å². The van der Waals surface area contributed by atoms with Crippen LogP contribution in [-0.4, -0.2) is 60.9 Å². The Morgan fingerprint density at radius 1 is 1.17 bits per heavy atom. The highest BCUT2D eigenvalue weighted by atomic mass is 19.4. The molecule has 3 N–H and O–H groups in total. The monoisotopic (exact) mass is 570 g/mol. The van der Waals surface area contributed by atoms with E-state index in [1.54, 1.807) is 24.3 Å². The van der Waals surface area contributed by atoms with Gasteiger partial charge in [0.05, 0.1) is 30.6 Å². The maximum atomic E-state index is 14.3. The molecule has 216 valence electrons. The predicted octanol–water partition coefficient (Wildman–Crippen LogP) is 2.49. The second-order valence-corrected chi connectivity index (χ2v) is 10.1. The molecule has 0 spiro atoms. The van der Waals surface area contributed by atoms with Gasteiger partial charge in [-0.2, -0.15) is 23.0 Å². The highest BCUT2D eigenvalue weighted by Gasteiger charge is 2.37. The Hall–Kier alpha value is -4.55. The molecule has 2 aliphatic heterocycles. The van der Waals surface area contributed by atoms with Crippen LogP contribution in [0.1, 0.15) is 24.5 Å². The van der Waals surface area contributed by atoms with Gasteiger partial charge in [-0.3, -0.25) is 14.4 Å². The van der Waals surface area contributed by atoms with Gasteiger partial charge in [0.1, 0.15) is 11.4 Å². The Morgan fingerprint density at radius 3 is 2.63 bits per heavy atom. The first-order chi connectivity index (χ1) is 19.5. The lowest BCUT2D eigenvalue weighted by molar-refractivity contribution is -0.137. The molecule has 1 fully saturated rings. The van der Waals surface area contributed by atoms with Crippen LogP contribution in [0.15, 0.2) is 47.3 Å². The number of hydrogen-bond donors (Lipinski definition) is 2. The number of carbonyl (C=O) groups excluding carboxylic acids is 2. The van der Waals surface area contributed by atoms with Gasteiger partial charge >= 0.3 is 6.18 Å². The van der Waals surface area contributed by atoms with Crippen LogP contribution in [0.3, 0.4) is 0 Å². The lowest BCUT2D eigenvalue weighted by Crippen LogP contribution is -2.37. The van der Waals surface area contributed by atoms with Crippen molar-refractivity contribution in [2.45, 2.75) is 32.0 Å². The number of fused-ring (bicyclic) bond motifs is 1. The first-order valence-electron chi connectivity index (χ1n) is 13.0. The van der Waals surface area contributed by atoms with Gasteiger partial charge in [0, 0.05) is 49.4 Å². The summed E-state index contributed by atoms with van der Waals surface area (Å²) in [7, 11) is 1.49. The standard InChI is InChI=1S/C28H29F3N6O4/c1-16(38)33-18-8-10-35(14-18)19-6-7-22(28(29,30)31)23(13-19)37-27(40)26-21(9-11-36(26)15-24(32)39)25(34-37)17-4-3-5-20(12-17)41-2/h3-7,12-13,18H,8-11,14-15H2,1-2H3,(H2,32,39)(H,33,38)/t18-/m1/s1.